The predicted octanol–water partition coefficient (Wildman–Crippen LogP) is 1.42. The van der Waals surface area contributed by atoms with Crippen LogP contribution in [0.25, 0.3) is 0 Å². The Balaban J connectivity index is 0.000000640. The van der Waals surface area contributed by atoms with Crippen LogP contribution in [0.3, 0.4) is 0 Å². The van der Waals surface area contributed by atoms with E-state index in [1.54, 1.807) is 0 Å². The van der Waals surface area contributed by atoms with Crippen molar-refractivity contribution in [2.75, 3.05) is 0 Å². The van der Waals surface area contributed by atoms with Gasteiger partial charge >= 0.3 is 0 Å². The van der Waals surface area contributed by atoms with Crippen molar-refractivity contribution in [1.82, 2.24) is 5.16 Å². The summed E-state index contributed by atoms with van der Waals surface area (Å²) in [7, 11) is 0. The van der Waals surface area contributed by atoms with E-state index in [0.717, 1.165) is 12.2 Å². The molecule has 1 aromatic heterocycles. The summed E-state index contributed by atoms with van der Waals surface area (Å²) in [5.41, 5.74) is 0.710. The van der Waals surface area contributed by atoms with E-state index in [2.05, 4.69) is 12.1 Å². The molecule has 0 unspecified atom stereocenters. The van der Waals surface area contributed by atoms with E-state index >= 15 is 0 Å². The minimum Gasteiger partial charge on any atom is -0.383 e. The van der Waals surface area contributed by atoms with Crippen molar-refractivity contribution >= 4 is 0 Å². The van der Waals surface area contributed by atoms with E-state index in [1.807, 2.05) is 13.0 Å². The molecule has 0 amide bonds. The molecule has 1 aromatic rings. The van der Waals surface area contributed by atoms with Crippen molar-refractivity contribution in [3.8, 4) is 0 Å². The minimum atomic E-state index is 0. The molecule has 0 N–H and O–H groups in total. The zero-order valence-corrected chi connectivity index (χ0v) is 9.51. The van der Waals surface area contributed by atoms with Crippen molar-refractivity contribution in [2.45, 2.75) is 13.3 Å². The third-order valence-corrected chi connectivity index (χ3v) is 0.956. The Morgan fingerprint density at radius 3 is 2.67 bits per heavy atom. The summed E-state index contributed by atoms with van der Waals surface area (Å²) in [4.78, 5) is 0. The Morgan fingerprint density at radius 2 is 2.44 bits per heavy atom. The standard InChI is InChI=1S/C6H8NO.U/c1-3-6-4-5(2)7-8-6;/h4H,2-3H2,1H3;/q-1;. The van der Waals surface area contributed by atoms with Gasteiger partial charge in [0.15, 0.2) is 0 Å². The van der Waals surface area contributed by atoms with E-state index in [1.165, 1.54) is 0 Å². The SMILES string of the molecule is [CH2-]c1cc(CC)on1.[U]. The molecule has 0 aliphatic carbocycles. The van der Waals surface area contributed by atoms with Crippen LogP contribution in [0.15, 0.2) is 10.6 Å². The fraction of sp³-hybridized carbons (Fsp3) is 0.333. The Bertz CT molecular complexity index is 173. The van der Waals surface area contributed by atoms with Gasteiger partial charge in [-0.15, -0.1) is 11.2 Å². The Morgan fingerprint density at radius 1 is 1.78 bits per heavy atom. The third kappa shape index (κ3) is 2.47. The van der Waals surface area contributed by atoms with E-state index < -0.39 is 0 Å². The normalized spacial score (nSPS) is 8.56. The molecule has 0 saturated heterocycles. The first-order valence-electron chi connectivity index (χ1n) is 2.60. The van der Waals surface area contributed by atoms with Gasteiger partial charge in [0.25, 0.3) is 0 Å². The molecule has 0 fully saturated rings. The molecule has 1 heterocycles. The van der Waals surface area contributed by atoms with Gasteiger partial charge in [0.2, 0.25) is 0 Å². The summed E-state index contributed by atoms with van der Waals surface area (Å²) in [5.74, 6) is 0.898. The molecule has 0 aromatic carbocycles. The maximum Gasteiger partial charge on any atom is 0.0573 e. The van der Waals surface area contributed by atoms with Gasteiger partial charge in [-0.05, 0) is 6.42 Å². The quantitative estimate of drug-likeness (QED) is 0.718. The second-order valence-electron chi connectivity index (χ2n) is 1.64. The van der Waals surface area contributed by atoms with Gasteiger partial charge in [0.05, 0.1) is 5.76 Å². The van der Waals surface area contributed by atoms with E-state index in [4.69, 9.17) is 4.52 Å². The zero-order chi connectivity index (χ0) is 5.98. The monoisotopic (exact) mass is 348 g/mol. The van der Waals surface area contributed by atoms with Gasteiger partial charge in [0.1, 0.15) is 0 Å². The number of rotatable bonds is 1. The summed E-state index contributed by atoms with van der Waals surface area (Å²) in [6.07, 6.45) is 0.891. The fourth-order valence-electron chi connectivity index (χ4n) is 0.522. The minimum absolute atomic E-state index is 0. The molecule has 0 radical (unpaired) electrons. The third-order valence-electron chi connectivity index (χ3n) is 0.956. The van der Waals surface area contributed by atoms with Crippen LogP contribution in [-0.4, -0.2) is 5.16 Å². The zero-order valence-electron chi connectivity index (χ0n) is 5.35. The molecular weight excluding hydrogens is 340 g/mol. The van der Waals surface area contributed by atoms with Crippen molar-refractivity contribution in [1.29, 1.82) is 0 Å². The molecule has 9 heavy (non-hydrogen) atoms. The molecule has 0 spiro atoms. The van der Waals surface area contributed by atoms with Crippen LogP contribution < -0.4 is 0 Å². The van der Waals surface area contributed by atoms with E-state index in [9.17, 15) is 0 Å². The van der Waals surface area contributed by atoms with Crippen molar-refractivity contribution in [2.24, 2.45) is 0 Å². The summed E-state index contributed by atoms with van der Waals surface area (Å²) in [6.45, 7) is 5.60. The number of aromatic nitrogens is 1. The molecule has 0 atom stereocenters. The first kappa shape index (κ1) is 9.13. The average Bonchev–Trinajstić information content (AvgIpc) is 2.14. The van der Waals surface area contributed by atoms with Crippen LogP contribution in [-0.2, 0) is 6.42 Å². The topological polar surface area (TPSA) is 26.0 Å². The molecule has 3 heteroatoms. The Hall–Kier alpha value is 0.132. The summed E-state index contributed by atoms with van der Waals surface area (Å²) in [5, 5.41) is 3.60. The van der Waals surface area contributed by atoms with Gasteiger partial charge < -0.3 is 4.52 Å². The molecule has 48 valence electrons. The molecule has 0 aliphatic heterocycles. The van der Waals surface area contributed by atoms with E-state index in [-0.39, 0.29) is 31.1 Å². The van der Waals surface area contributed by atoms with Crippen molar-refractivity contribution in [3.05, 3.63) is 24.4 Å². The van der Waals surface area contributed by atoms with Crippen LogP contribution >= 0.6 is 0 Å². The van der Waals surface area contributed by atoms with Gasteiger partial charge in [-0.3, -0.25) is 0 Å². The van der Waals surface area contributed by atoms with Crippen molar-refractivity contribution in [3.63, 3.8) is 0 Å². The van der Waals surface area contributed by atoms with Crippen LogP contribution in [0, 0.1) is 38.0 Å². The van der Waals surface area contributed by atoms with Gasteiger partial charge in [-0.2, -0.15) is 0 Å². The summed E-state index contributed by atoms with van der Waals surface area (Å²) >= 11 is 0. The molecule has 0 saturated carbocycles. The van der Waals surface area contributed by atoms with Crippen LogP contribution in [0.5, 0.6) is 0 Å². The maximum atomic E-state index is 4.80. The molecule has 0 bridgehead atoms. The van der Waals surface area contributed by atoms with Crippen LogP contribution in [0.4, 0.5) is 0 Å². The summed E-state index contributed by atoms with van der Waals surface area (Å²) in [6, 6.07) is 1.83. The number of nitrogens with zero attached hydrogens (tertiary/aromatic N) is 1. The van der Waals surface area contributed by atoms with Gasteiger partial charge in [0, 0.05) is 31.1 Å². The molecular formula is C6H8NOU-. The first-order chi connectivity index (χ1) is 3.83. The second kappa shape index (κ2) is 4.03. The average molecular weight is 348 g/mol. The summed E-state index contributed by atoms with van der Waals surface area (Å²) < 4.78 is 4.80. The fourth-order valence-corrected chi connectivity index (χ4v) is 0.522. The van der Waals surface area contributed by atoms with Crippen LogP contribution in [0.1, 0.15) is 18.4 Å². The molecule has 2 nitrogen and oxygen atoms in total. The molecule has 0 aliphatic rings. The predicted molar refractivity (Wildman–Crippen MR) is 30.3 cm³/mol. The number of hydrogen-bond acceptors (Lipinski definition) is 2. The molecule has 1 rings (SSSR count). The smallest absolute Gasteiger partial charge is 0.0573 e. The van der Waals surface area contributed by atoms with Crippen molar-refractivity contribution < 1.29 is 35.6 Å². The first-order valence-corrected chi connectivity index (χ1v) is 2.60. The largest absolute Gasteiger partial charge is 0.383 e. The maximum absolute atomic E-state index is 4.80. The Labute approximate surface area is 78.4 Å². The number of aryl methyl sites for hydroxylation is 1. The van der Waals surface area contributed by atoms with Crippen LogP contribution in [0.2, 0.25) is 0 Å². The van der Waals surface area contributed by atoms with Gasteiger partial charge in [-0.1, -0.05) is 12.6 Å². The number of hydrogen-bond donors (Lipinski definition) is 0. The Kier molecular flexibility index (Phi) is 4.09. The second-order valence-corrected chi connectivity index (χ2v) is 1.64. The van der Waals surface area contributed by atoms with Gasteiger partial charge in [-0.25, -0.2) is 6.92 Å². The van der Waals surface area contributed by atoms with E-state index in [0.29, 0.717) is 5.69 Å².